The van der Waals surface area contributed by atoms with Gasteiger partial charge in [-0.2, -0.15) is 0 Å². The Morgan fingerprint density at radius 1 is 1.15 bits per heavy atom. The van der Waals surface area contributed by atoms with Crippen molar-refractivity contribution in [2.75, 3.05) is 17.6 Å². The van der Waals surface area contributed by atoms with E-state index in [1.165, 1.54) is 0 Å². The van der Waals surface area contributed by atoms with E-state index in [-0.39, 0.29) is 17.9 Å². The molecule has 0 spiro atoms. The summed E-state index contributed by atoms with van der Waals surface area (Å²) in [5.41, 5.74) is 7.73. The highest BCUT2D eigenvalue weighted by Crippen LogP contribution is 2.26. The molecule has 1 aliphatic rings. The largest absolute Gasteiger partial charge is 0.399 e. The SMILES string of the molecule is CC1CCCCN1C(=O)c1ccc(NC(=O)c2ccc(N)cc2)cc1Cl. The number of nitrogen functional groups attached to an aromatic ring is 1. The first-order chi connectivity index (χ1) is 12.5. The van der Waals surface area contributed by atoms with E-state index in [0.29, 0.717) is 27.5 Å². The summed E-state index contributed by atoms with van der Waals surface area (Å²) in [7, 11) is 0. The minimum atomic E-state index is -0.259. The van der Waals surface area contributed by atoms with E-state index >= 15 is 0 Å². The summed E-state index contributed by atoms with van der Waals surface area (Å²) in [6.45, 7) is 2.82. The van der Waals surface area contributed by atoms with Crippen LogP contribution in [0.5, 0.6) is 0 Å². The van der Waals surface area contributed by atoms with E-state index in [9.17, 15) is 9.59 Å². The molecule has 0 aromatic heterocycles. The van der Waals surface area contributed by atoms with Gasteiger partial charge in [-0.05, 0) is 68.7 Å². The summed E-state index contributed by atoms with van der Waals surface area (Å²) >= 11 is 6.33. The van der Waals surface area contributed by atoms with Gasteiger partial charge in [-0.1, -0.05) is 11.6 Å². The normalized spacial score (nSPS) is 17.0. The fourth-order valence-corrected chi connectivity index (χ4v) is 3.42. The molecule has 0 saturated carbocycles. The van der Waals surface area contributed by atoms with Gasteiger partial charge in [-0.3, -0.25) is 9.59 Å². The molecular formula is C20H22ClN3O2. The number of carbonyl (C=O) groups excluding carboxylic acids is 2. The van der Waals surface area contributed by atoms with Crippen LogP contribution >= 0.6 is 11.6 Å². The van der Waals surface area contributed by atoms with Crippen molar-refractivity contribution in [1.29, 1.82) is 0 Å². The van der Waals surface area contributed by atoms with Gasteiger partial charge in [-0.15, -0.1) is 0 Å². The van der Waals surface area contributed by atoms with E-state index in [4.69, 9.17) is 17.3 Å². The molecular weight excluding hydrogens is 350 g/mol. The number of piperidine rings is 1. The van der Waals surface area contributed by atoms with Gasteiger partial charge < -0.3 is 16.0 Å². The molecule has 0 bridgehead atoms. The smallest absolute Gasteiger partial charge is 0.255 e. The summed E-state index contributed by atoms with van der Waals surface area (Å²) in [5, 5.41) is 3.12. The predicted molar refractivity (Wildman–Crippen MR) is 105 cm³/mol. The third kappa shape index (κ3) is 3.99. The third-order valence-corrected chi connectivity index (χ3v) is 5.01. The van der Waals surface area contributed by atoms with Gasteiger partial charge in [0, 0.05) is 29.5 Å². The molecule has 6 heteroatoms. The average molecular weight is 372 g/mol. The Bertz CT molecular complexity index is 820. The number of halogens is 1. The van der Waals surface area contributed by atoms with Crippen LogP contribution in [0.3, 0.4) is 0 Å². The Hall–Kier alpha value is -2.53. The predicted octanol–water partition coefficient (Wildman–Crippen LogP) is 4.19. The summed E-state index contributed by atoms with van der Waals surface area (Å²) < 4.78 is 0. The number of carbonyl (C=O) groups is 2. The second-order valence-corrected chi connectivity index (χ2v) is 7.02. The van der Waals surface area contributed by atoms with Gasteiger partial charge in [0.1, 0.15) is 0 Å². The number of hydrogen-bond acceptors (Lipinski definition) is 3. The molecule has 1 unspecified atom stereocenters. The van der Waals surface area contributed by atoms with Crippen molar-refractivity contribution in [3.05, 3.63) is 58.6 Å². The van der Waals surface area contributed by atoms with Crippen molar-refractivity contribution in [2.45, 2.75) is 32.2 Å². The zero-order chi connectivity index (χ0) is 18.7. The zero-order valence-electron chi connectivity index (χ0n) is 14.7. The van der Waals surface area contributed by atoms with Gasteiger partial charge in [0.25, 0.3) is 11.8 Å². The highest BCUT2D eigenvalue weighted by molar-refractivity contribution is 6.34. The first kappa shape index (κ1) is 18.3. The molecule has 3 N–H and O–H groups in total. The van der Waals surface area contributed by atoms with Crippen molar-refractivity contribution in [3.63, 3.8) is 0 Å². The molecule has 1 aliphatic heterocycles. The van der Waals surface area contributed by atoms with E-state index in [0.717, 1.165) is 25.8 Å². The monoisotopic (exact) mass is 371 g/mol. The Labute approximate surface area is 158 Å². The number of nitrogens with zero attached hydrogens (tertiary/aromatic N) is 1. The van der Waals surface area contributed by atoms with Crippen molar-refractivity contribution in [2.24, 2.45) is 0 Å². The maximum absolute atomic E-state index is 12.8. The van der Waals surface area contributed by atoms with Crippen LogP contribution in [0.2, 0.25) is 5.02 Å². The number of rotatable bonds is 3. The molecule has 1 fully saturated rings. The molecule has 26 heavy (non-hydrogen) atoms. The molecule has 1 atom stereocenters. The summed E-state index contributed by atoms with van der Waals surface area (Å²) in [5.74, 6) is -0.316. The lowest BCUT2D eigenvalue weighted by Gasteiger charge is -2.33. The number of amides is 2. The minimum absolute atomic E-state index is 0.0568. The lowest BCUT2D eigenvalue weighted by atomic mass is 10.0. The molecule has 5 nitrogen and oxygen atoms in total. The summed E-state index contributed by atoms with van der Waals surface area (Å²) in [6.07, 6.45) is 3.18. The van der Waals surface area contributed by atoms with Crippen molar-refractivity contribution < 1.29 is 9.59 Å². The third-order valence-electron chi connectivity index (χ3n) is 4.69. The molecule has 2 amide bonds. The number of nitrogens with two attached hydrogens (primary N) is 1. The molecule has 2 aromatic rings. The second-order valence-electron chi connectivity index (χ2n) is 6.61. The maximum atomic E-state index is 12.8. The van der Waals surface area contributed by atoms with Gasteiger partial charge in [-0.25, -0.2) is 0 Å². The lowest BCUT2D eigenvalue weighted by Crippen LogP contribution is -2.42. The van der Waals surface area contributed by atoms with Crippen LogP contribution in [0.4, 0.5) is 11.4 Å². The average Bonchev–Trinajstić information content (AvgIpc) is 2.62. The fourth-order valence-electron chi connectivity index (χ4n) is 3.16. The van der Waals surface area contributed by atoms with Crippen LogP contribution in [-0.4, -0.2) is 29.3 Å². The number of hydrogen-bond donors (Lipinski definition) is 2. The van der Waals surface area contributed by atoms with Crippen LogP contribution in [0, 0.1) is 0 Å². The van der Waals surface area contributed by atoms with E-state index < -0.39 is 0 Å². The molecule has 1 heterocycles. The van der Waals surface area contributed by atoms with Crippen LogP contribution in [0.15, 0.2) is 42.5 Å². The first-order valence-corrected chi connectivity index (χ1v) is 9.11. The number of likely N-dealkylation sites (tertiary alicyclic amines) is 1. The van der Waals surface area contributed by atoms with E-state index in [2.05, 4.69) is 12.2 Å². The van der Waals surface area contributed by atoms with E-state index in [1.807, 2.05) is 4.90 Å². The van der Waals surface area contributed by atoms with Crippen LogP contribution in [-0.2, 0) is 0 Å². The van der Waals surface area contributed by atoms with Crippen LogP contribution in [0.25, 0.3) is 0 Å². The lowest BCUT2D eigenvalue weighted by molar-refractivity contribution is 0.0635. The Kier molecular flexibility index (Phi) is 5.47. The molecule has 0 radical (unpaired) electrons. The summed E-state index contributed by atoms with van der Waals surface area (Å²) in [6, 6.07) is 11.8. The molecule has 3 rings (SSSR count). The standard InChI is InChI=1S/C20H22ClN3O2/c1-13-4-2-3-11-24(13)20(26)17-10-9-16(12-18(17)21)23-19(25)14-5-7-15(22)8-6-14/h5-10,12-13H,2-4,11,22H2,1H3,(H,23,25). The van der Waals surface area contributed by atoms with Crippen LogP contribution < -0.4 is 11.1 Å². The van der Waals surface area contributed by atoms with Gasteiger partial charge in [0.05, 0.1) is 10.6 Å². The Balaban J connectivity index is 1.73. The second kappa shape index (κ2) is 7.79. The Morgan fingerprint density at radius 3 is 2.54 bits per heavy atom. The quantitative estimate of drug-likeness (QED) is 0.794. The highest BCUT2D eigenvalue weighted by Gasteiger charge is 2.25. The van der Waals surface area contributed by atoms with E-state index in [1.54, 1.807) is 42.5 Å². The topological polar surface area (TPSA) is 75.4 Å². The number of nitrogens with one attached hydrogen (secondary N) is 1. The van der Waals surface area contributed by atoms with Crippen molar-refractivity contribution in [1.82, 2.24) is 4.90 Å². The molecule has 2 aromatic carbocycles. The molecule has 0 aliphatic carbocycles. The first-order valence-electron chi connectivity index (χ1n) is 8.73. The maximum Gasteiger partial charge on any atom is 0.255 e. The summed E-state index contributed by atoms with van der Waals surface area (Å²) in [4.78, 5) is 26.9. The molecule has 1 saturated heterocycles. The van der Waals surface area contributed by atoms with Crippen LogP contribution in [0.1, 0.15) is 46.9 Å². The number of anilines is 2. The van der Waals surface area contributed by atoms with Gasteiger partial charge in [0.15, 0.2) is 0 Å². The fraction of sp³-hybridized carbons (Fsp3) is 0.300. The molecule has 136 valence electrons. The van der Waals surface area contributed by atoms with Crippen molar-refractivity contribution >= 4 is 34.8 Å². The minimum Gasteiger partial charge on any atom is -0.399 e. The number of benzene rings is 2. The Morgan fingerprint density at radius 2 is 1.88 bits per heavy atom. The zero-order valence-corrected chi connectivity index (χ0v) is 15.4. The van der Waals surface area contributed by atoms with Crippen molar-refractivity contribution in [3.8, 4) is 0 Å². The highest BCUT2D eigenvalue weighted by atomic mass is 35.5. The van der Waals surface area contributed by atoms with Gasteiger partial charge >= 0.3 is 0 Å². The van der Waals surface area contributed by atoms with Gasteiger partial charge in [0.2, 0.25) is 0 Å².